The molecule has 0 saturated heterocycles. The molecule has 4 heteroatoms. The Morgan fingerprint density at radius 1 is 1.29 bits per heavy atom. The van der Waals surface area contributed by atoms with E-state index in [1.54, 1.807) is 31.2 Å². The summed E-state index contributed by atoms with van der Waals surface area (Å²) in [6.07, 6.45) is 1.72. The molecule has 1 aromatic heterocycles. The van der Waals surface area contributed by atoms with E-state index in [1.807, 2.05) is 0 Å². The zero-order valence-corrected chi connectivity index (χ0v) is 10.7. The molecule has 0 saturated carbocycles. The second-order valence-corrected chi connectivity index (χ2v) is 4.57. The Morgan fingerprint density at radius 2 is 2.06 bits per heavy atom. The number of ketones is 1. The van der Waals surface area contributed by atoms with Gasteiger partial charge in [-0.1, -0.05) is 23.2 Å². The molecule has 88 valence electrons. The molecule has 0 fully saturated rings. The van der Waals surface area contributed by atoms with E-state index in [1.165, 1.54) is 6.26 Å². The molecule has 0 aliphatic heterocycles. The van der Waals surface area contributed by atoms with E-state index in [2.05, 4.69) is 0 Å². The van der Waals surface area contributed by atoms with Crippen molar-refractivity contribution < 1.29 is 9.21 Å². The normalized spacial score (nSPS) is 10.5. The molecule has 2 nitrogen and oxygen atoms in total. The minimum Gasteiger partial charge on any atom is -0.469 e. The Morgan fingerprint density at radius 3 is 2.71 bits per heavy atom. The highest BCUT2D eigenvalue weighted by Crippen LogP contribution is 2.23. The van der Waals surface area contributed by atoms with Crippen molar-refractivity contribution in [2.24, 2.45) is 0 Å². The second kappa shape index (κ2) is 4.94. The molecule has 2 aromatic rings. The number of carbonyl (C=O) groups is 1. The molecule has 0 aliphatic rings. The average molecular weight is 269 g/mol. The monoisotopic (exact) mass is 268 g/mol. The highest BCUT2D eigenvalue weighted by atomic mass is 35.5. The number of benzene rings is 1. The summed E-state index contributed by atoms with van der Waals surface area (Å²) in [5.41, 5.74) is 1.31. The van der Waals surface area contributed by atoms with Crippen molar-refractivity contribution in [3.05, 3.63) is 57.5 Å². The lowest BCUT2D eigenvalue weighted by Gasteiger charge is -2.03. The smallest absolute Gasteiger partial charge is 0.170 e. The maximum absolute atomic E-state index is 12.0. The number of Topliss-reactive ketones (excluding diaryl/α,β-unsaturated/α-hetero) is 1. The van der Waals surface area contributed by atoms with Crippen LogP contribution in [0.2, 0.25) is 10.0 Å². The van der Waals surface area contributed by atoms with Crippen LogP contribution in [0, 0.1) is 6.92 Å². The molecule has 0 unspecified atom stereocenters. The first-order valence-corrected chi connectivity index (χ1v) is 5.84. The van der Waals surface area contributed by atoms with Crippen molar-refractivity contribution >= 4 is 29.0 Å². The van der Waals surface area contributed by atoms with Crippen LogP contribution in [0.4, 0.5) is 0 Å². The first-order valence-electron chi connectivity index (χ1n) is 5.09. The van der Waals surface area contributed by atoms with Crippen LogP contribution in [0.3, 0.4) is 0 Å². The van der Waals surface area contributed by atoms with E-state index >= 15 is 0 Å². The maximum atomic E-state index is 12.0. The third kappa shape index (κ3) is 2.71. The van der Waals surface area contributed by atoms with Gasteiger partial charge in [0.15, 0.2) is 5.78 Å². The Kier molecular flexibility index (Phi) is 3.55. The van der Waals surface area contributed by atoms with E-state index in [0.29, 0.717) is 21.4 Å². The van der Waals surface area contributed by atoms with Gasteiger partial charge in [-0.15, -0.1) is 0 Å². The summed E-state index contributed by atoms with van der Waals surface area (Å²) in [5.74, 6) is 0.591. The van der Waals surface area contributed by atoms with Gasteiger partial charge >= 0.3 is 0 Å². The second-order valence-electron chi connectivity index (χ2n) is 3.73. The van der Waals surface area contributed by atoms with Crippen LogP contribution < -0.4 is 0 Å². The van der Waals surface area contributed by atoms with Crippen molar-refractivity contribution in [3.8, 4) is 0 Å². The van der Waals surface area contributed by atoms with Crippen molar-refractivity contribution in [2.45, 2.75) is 13.3 Å². The number of furan rings is 1. The van der Waals surface area contributed by atoms with Crippen molar-refractivity contribution in [2.75, 3.05) is 0 Å². The Balaban J connectivity index is 2.24. The fraction of sp³-hybridized carbons (Fsp3) is 0.154. The van der Waals surface area contributed by atoms with E-state index in [4.69, 9.17) is 27.6 Å². The lowest BCUT2D eigenvalue weighted by Crippen LogP contribution is -2.04. The van der Waals surface area contributed by atoms with Crippen molar-refractivity contribution in [1.82, 2.24) is 0 Å². The quantitative estimate of drug-likeness (QED) is 0.777. The Bertz CT molecular complexity index is 558. The van der Waals surface area contributed by atoms with Crippen LogP contribution in [0.15, 0.2) is 34.9 Å². The van der Waals surface area contributed by atoms with Crippen LogP contribution in [0.1, 0.15) is 21.7 Å². The summed E-state index contributed by atoms with van der Waals surface area (Å²) >= 11 is 11.9. The number of aryl methyl sites for hydroxylation is 1. The largest absolute Gasteiger partial charge is 0.469 e. The number of hydrogen-bond donors (Lipinski definition) is 0. The maximum Gasteiger partial charge on any atom is 0.170 e. The van der Waals surface area contributed by atoms with Gasteiger partial charge in [-0.2, -0.15) is 0 Å². The summed E-state index contributed by atoms with van der Waals surface area (Å²) in [4.78, 5) is 12.0. The zero-order valence-electron chi connectivity index (χ0n) is 9.17. The van der Waals surface area contributed by atoms with Gasteiger partial charge in [0.05, 0.1) is 11.8 Å². The topological polar surface area (TPSA) is 30.2 Å². The van der Waals surface area contributed by atoms with Gasteiger partial charge in [-0.05, 0) is 36.8 Å². The van der Waals surface area contributed by atoms with Crippen LogP contribution in [0.25, 0.3) is 0 Å². The predicted molar refractivity (Wildman–Crippen MR) is 67.9 cm³/mol. The molecule has 0 aliphatic carbocycles. The number of hydrogen-bond acceptors (Lipinski definition) is 2. The van der Waals surface area contributed by atoms with Crippen LogP contribution in [0.5, 0.6) is 0 Å². The third-order valence-electron chi connectivity index (χ3n) is 2.52. The SMILES string of the molecule is Cc1occc1C(=O)Cc1cc(Cl)ccc1Cl. The molecule has 0 bridgehead atoms. The van der Waals surface area contributed by atoms with Gasteiger partial charge in [0.25, 0.3) is 0 Å². The molecule has 0 amide bonds. The molecule has 17 heavy (non-hydrogen) atoms. The molecule has 0 radical (unpaired) electrons. The zero-order chi connectivity index (χ0) is 12.4. The van der Waals surface area contributed by atoms with Crippen LogP contribution in [-0.2, 0) is 6.42 Å². The standard InChI is InChI=1S/C13H10Cl2O2/c1-8-11(4-5-17-8)13(16)7-9-6-10(14)2-3-12(9)15/h2-6H,7H2,1H3. The third-order valence-corrected chi connectivity index (χ3v) is 3.12. The fourth-order valence-electron chi connectivity index (χ4n) is 1.62. The van der Waals surface area contributed by atoms with E-state index < -0.39 is 0 Å². The molecular formula is C13H10Cl2O2. The summed E-state index contributed by atoms with van der Waals surface area (Å²) in [6, 6.07) is 6.75. The first-order chi connectivity index (χ1) is 8.08. The number of carbonyl (C=O) groups excluding carboxylic acids is 1. The lowest BCUT2D eigenvalue weighted by molar-refractivity contribution is 0.0991. The van der Waals surface area contributed by atoms with Gasteiger partial charge < -0.3 is 4.42 Å². The summed E-state index contributed by atoms with van der Waals surface area (Å²) in [6.45, 7) is 1.76. The lowest BCUT2D eigenvalue weighted by atomic mass is 10.0. The van der Waals surface area contributed by atoms with Crippen molar-refractivity contribution in [3.63, 3.8) is 0 Å². The summed E-state index contributed by atoms with van der Waals surface area (Å²) < 4.78 is 5.10. The molecule has 2 rings (SSSR count). The highest BCUT2D eigenvalue weighted by Gasteiger charge is 2.14. The molecule has 1 heterocycles. The minimum atomic E-state index is -0.0274. The number of halogens is 2. The van der Waals surface area contributed by atoms with Gasteiger partial charge in [0.2, 0.25) is 0 Å². The van der Waals surface area contributed by atoms with Gasteiger partial charge in [0, 0.05) is 16.5 Å². The fourth-order valence-corrected chi connectivity index (χ4v) is 2.00. The Labute approximate surface area is 109 Å². The highest BCUT2D eigenvalue weighted by molar-refractivity contribution is 6.33. The van der Waals surface area contributed by atoms with Gasteiger partial charge in [-0.3, -0.25) is 4.79 Å². The van der Waals surface area contributed by atoms with Gasteiger partial charge in [0.1, 0.15) is 5.76 Å². The minimum absolute atomic E-state index is 0.0274. The Hall–Kier alpha value is -1.25. The van der Waals surface area contributed by atoms with Gasteiger partial charge in [-0.25, -0.2) is 0 Å². The summed E-state index contributed by atoms with van der Waals surface area (Å²) in [5, 5.41) is 1.12. The van der Waals surface area contributed by atoms with E-state index in [-0.39, 0.29) is 12.2 Å². The first kappa shape index (κ1) is 12.2. The molecule has 0 spiro atoms. The predicted octanol–water partition coefficient (Wildman–Crippen LogP) is 4.32. The van der Waals surface area contributed by atoms with E-state index in [0.717, 1.165) is 5.56 Å². The molecular weight excluding hydrogens is 259 g/mol. The number of rotatable bonds is 3. The summed E-state index contributed by atoms with van der Waals surface area (Å²) in [7, 11) is 0. The van der Waals surface area contributed by atoms with Crippen LogP contribution in [-0.4, -0.2) is 5.78 Å². The molecule has 0 atom stereocenters. The van der Waals surface area contributed by atoms with Crippen molar-refractivity contribution in [1.29, 1.82) is 0 Å². The molecule has 1 aromatic carbocycles. The van der Waals surface area contributed by atoms with E-state index in [9.17, 15) is 4.79 Å². The average Bonchev–Trinajstić information content (AvgIpc) is 2.70. The van der Waals surface area contributed by atoms with Crippen LogP contribution >= 0.6 is 23.2 Å². The molecule has 0 N–H and O–H groups in total.